The zero-order chi connectivity index (χ0) is 24.4. The van der Waals surface area contributed by atoms with Crippen LogP contribution in [-0.2, 0) is 16.6 Å². The summed E-state index contributed by atoms with van der Waals surface area (Å²) < 4.78 is 3.18. The van der Waals surface area contributed by atoms with E-state index in [1.807, 2.05) is 30.3 Å². The van der Waals surface area contributed by atoms with Crippen molar-refractivity contribution >= 4 is 46.0 Å². The van der Waals surface area contributed by atoms with E-state index < -0.39 is 5.25 Å². The van der Waals surface area contributed by atoms with E-state index in [-0.39, 0.29) is 34.5 Å². The lowest BCUT2D eigenvalue weighted by Gasteiger charge is -2.11. The molecule has 1 atom stereocenters. The number of thioether (sulfide) groups is 1. The van der Waals surface area contributed by atoms with Gasteiger partial charge in [0, 0.05) is 12.7 Å². The molecule has 176 valence electrons. The highest BCUT2D eigenvalue weighted by molar-refractivity contribution is 8.01. The number of hydrogen-bond donors (Lipinski definition) is 4. The first-order valence-electron chi connectivity index (χ1n) is 10.5. The zero-order valence-corrected chi connectivity index (χ0v) is 19.7. The highest BCUT2D eigenvalue weighted by atomic mass is 32.2. The summed E-state index contributed by atoms with van der Waals surface area (Å²) in [5, 5.41) is 4.90. The SMILES string of the molecule is Cc1c(NC(=O)[C@@H](C)SCC(=O)Nc2ccc3[nH]c(=O)[nH]c3c2)c(=O)n(-c2ccccc2)n1C. The molecule has 34 heavy (non-hydrogen) atoms. The number of hydrogen-bond acceptors (Lipinski definition) is 5. The molecule has 0 saturated carbocycles. The van der Waals surface area contributed by atoms with Crippen LogP contribution in [0.25, 0.3) is 16.7 Å². The maximum Gasteiger partial charge on any atom is 0.323 e. The van der Waals surface area contributed by atoms with Gasteiger partial charge in [0.05, 0.1) is 33.4 Å². The molecule has 4 aromatic rings. The summed E-state index contributed by atoms with van der Waals surface area (Å²) >= 11 is 1.15. The van der Waals surface area contributed by atoms with Crippen LogP contribution in [0.4, 0.5) is 11.4 Å². The van der Waals surface area contributed by atoms with E-state index in [2.05, 4.69) is 20.6 Å². The summed E-state index contributed by atoms with van der Waals surface area (Å²) in [5.41, 5.74) is 2.64. The summed E-state index contributed by atoms with van der Waals surface area (Å²) in [5.74, 6) is -0.613. The third-order valence-corrected chi connectivity index (χ3v) is 6.58. The van der Waals surface area contributed by atoms with Gasteiger partial charge < -0.3 is 20.6 Å². The Balaban J connectivity index is 1.38. The van der Waals surface area contributed by atoms with Crippen molar-refractivity contribution < 1.29 is 9.59 Å². The Hall–Kier alpha value is -3.99. The zero-order valence-electron chi connectivity index (χ0n) is 18.8. The number of benzene rings is 2. The van der Waals surface area contributed by atoms with Gasteiger partial charge in [-0.3, -0.25) is 19.1 Å². The molecule has 4 N–H and O–H groups in total. The summed E-state index contributed by atoms with van der Waals surface area (Å²) in [6.45, 7) is 3.44. The van der Waals surface area contributed by atoms with Crippen LogP contribution in [0.2, 0.25) is 0 Å². The van der Waals surface area contributed by atoms with Crippen molar-refractivity contribution in [3.05, 3.63) is 75.1 Å². The van der Waals surface area contributed by atoms with Crippen molar-refractivity contribution in [2.45, 2.75) is 19.1 Å². The van der Waals surface area contributed by atoms with Crippen molar-refractivity contribution in [3.8, 4) is 5.69 Å². The van der Waals surface area contributed by atoms with Crippen molar-refractivity contribution in [2.75, 3.05) is 16.4 Å². The lowest BCUT2D eigenvalue weighted by Crippen LogP contribution is -2.28. The minimum Gasteiger partial charge on any atom is -0.325 e. The molecule has 0 fully saturated rings. The fourth-order valence-corrected chi connectivity index (χ4v) is 4.20. The Labute approximate surface area is 198 Å². The van der Waals surface area contributed by atoms with Crippen LogP contribution in [0.3, 0.4) is 0 Å². The van der Waals surface area contributed by atoms with Crippen LogP contribution < -0.4 is 21.9 Å². The fourth-order valence-electron chi connectivity index (χ4n) is 3.52. The van der Waals surface area contributed by atoms with Gasteiger partial charge in [0.1, 0.15) is 5.69 Å². The van der Waals surface area contributed by atoms with Crippen molar-refractivity contribution in [3.63, 3.8) is 0 Å². The van der Waals surface area contributed by atoms with Crippen LogP contribution in [0.1, 0.15) is 12.6 Å². The molecule has 4 rings (SSSR count). The van der Waals surface area contributed by atoms with Gasteiger partial charge in [-0.05, 0) is 44.2 Å². The number of carbonyl (C=O) groups excluding carboxylic acids is 2. The summed E-state index contributed by atoms with van der Waals surface area (Å²) in [4.78, 5) is 54.7. The number of carbonyl (C=O) groups is 2. The molecule has 0 bridgehead atoms. The first-order valence-corrected chi connectivity index (χ1v) is 11.6. The lowest BCUT2D eigenvalue weighted by atomic mass is 10.3. The van der Waals surface area contributed by atoms with Gasteiger partial charge in [-0.25, -0.2) is 9.48 Å². The van der Waals surface area contributed by atoms with Crippen molar-refractivity contribution in [1.82, 2.24) is 19.3 Å². The fraction of sp³-hybridized carbons (Fsp3) is 0.217. The minimum absolute atomic E-state index is 0.0400. The third-order valence-electron chi connectivity index (χ3n) is 5.44. The topological polar surface area (TPSA) is 134 Å². The predicted octanol–water partition coefficient (Wildman–Crippen LogP) is 2.35. The highest BCUT2D eigenvalue weighted by Crippen LogP contribution is 2.18. The number of amides is 2. The molecular weight excluding hydrogens is 456 g/mol. The highest BCUT2D eigenvalue weighted by Gasteiger charge is 2.21. The normalized spacial score (nSPS) is 12.0. The third kappa shape index (κ3) is 4.69. The summed E-state index contributed by atoms with van der Waals surface area (Å²) in [6, 6.07) is 14.2. The van der Waals surface area contributed by atoms with Crippen LogP contribution in [0.5, 0.6) is 0 Å². The second kappa shape index (κ2) is 9.48. The molecule has 10 nitrogen and oxygen atoms in total. The molecule has 11 heteroatoms. The second-order valence-electron chi connectivity index (χ2n) is 7.77. The summed E-state index contributed by atoms with van der Waals surface area (Å²) in [7, 11) is 1.75. The number of imidazole rings is 1. The van der Waals surface area contributed by atoms with Gasteiger partial charge in [-0.1, -0.05) is 18.2 Å². The number of para-hydroxylation sites is 1. The molecule has 0 saturated heterocycles. The van der Waals surface area contributed by atoms with Crippen molar-refractivity contribution in [1.29, 1.82) is 0 Å². The first kappa shape index (κ1) is 23.2. The monoisotopic (exact) mass is 480 g/mol. The molecule has 2 amide bonds. The number of anilines is 2. The first-order chi connectivity index (χ1) is 16.2. The molecule has 0 aliphatic carbocycles. The van der Waals surface area contributed by atoms with Crippen LogP contribution in [-0.4, -0.2) is 42.1 Å². The van der Waals surface area contributed by atoms with E-state index in [4.69, 9.17) is 0 Å². The van der Waals surface area contributed by atoms with Gasteiger partial charge in [0.2, 0.25) is 11.8 Å². The number of H-pyrrole nitrogens is 2. The van der Waals surface area contributed by atoms with Crippen LogP contribution >= 0.6 is 11.8 Å². The van der Waals surface area contributed by atoms with Gasteiger partial charge in [0.15, 0.2) is 0 Å². The largest absolute Gasteiger partial charge is 0.325 e. The van der Waals surface area contributed by atoms with E-state index in [1.165, 1.54) is 4.68 Å². The number of aromatic amines is 2. The average molecular weight is 481 g/mol. The maximum absolute atomic E-state index is 13.0. The van der Waals surface area contributed by atoms with Crippen molar-refractivity contribution in [2.24, 2.45) is 7.05 Å². The Bertz CT molecular complexity index is 1480. The quantitative estimate of drug-likeness (QED) is 0.322. The van der Waals surface area contributed by atoms with Crippen LogP contribution in [0, 0.1) is 6.92 Å². The molecule has 0 spiro atoms. The Morgan fingerprint density at radius 3 is 2.47 bits per heavy atom. The molecule has 0 radical (unpaired) electrons. The Kier molecular flexibility index (Phi) is 6.46. The maximum atomic E-state index is 13.0. The molecule has 2 aromatic carbocycles. The molecule has 0 unspecified atom stereocenters. The lowest BCUT2D eigenvalue weighted by molar-refractivity contribution is -0.115. The van der Waals surface area contributed by atoms with E-state index in [9.17, 15) is 19.2 Å². The van der Waals surface area contributed by atoms with Crippen LogP contribution in [0.15, 0.2) is 58.1 Å². The smallest absolute Gasteiger partial charge is 0.323 e. The number of rotatable bonds is 7. The summed E-state index contributed by atoms with van der Waals surface area (Å²) in [6.07, 6.45) is 0. The minimum atomic E-state index is -0.571. The van der Waals surface area contributed by atoms with E-state index in [0.717, 1.165) is 11.8 Å². The second-order valence-corrected chi connectivity index (χ2v) is 9.10. The van der Waals surface area contributed by atoms with Gasteiger partial charge in [0.25, 0.3) is 5.56 Å². The number of fused-ring (bicyclic) bond motifs is 1. The number of aromatic nitrogens is 4. The Morgan fingerprint density at radius 1 is 1.03 bits per heavy atom. The Morgan fingerprint density at radius 2 is 1.74 bits per heavy atom. The molecule has 0 aliphatic heterocycles. The molecule has 2 aromatic heterocycles. The molecule has 0 aliphatic rings. The predicted molar refractivity (Wildman–Crippen MR) is 134 cm³/mol. The van der Waals surface area contributed by atoms with Gasteiger partial charge in [-0.15, -0.1) is 11.8 Å². The number of nitrogens with one attached hydrogen (secondary N) is 4. The standard InChI is InChI=1S/C23H24N6O4S/c1-13-20(22(32)29(28(13)3)16-7-5-4-6-8-16)27-21(31)14(2)34-12-19(30)24-15-9-10-17-18(11-15)26-23(33)25-17/h4-11,14H,12H2,1-3H3,(H,24,30)(H,27,31)(H2,25,26,33)/t14-/m1/s1. The molecule has 2 heterocycles. The van der Waals surface area contributed by atoms with E-state index in [1.54, 1.807) is 43.8 Å². The average Bonchev–Trinajstić information content (AvgIpc) is 3.29. The van der Waals surface area contributed by atoms with E-state index >= 15 is 0 Å². The van der Waals surface area contributed by atoms with Gasteiger partial charge in [-0.2, -0.15) is 0 Å². The van der Waals surface area contributed by atoms with Gasteiger partial charge >= 0.3 is 5.69 Å². The number of nitrogens with zero attached hydrogens (tertiary/aromatic N) is 2. The van der Waals surface area contributed by atoms with E-state index in [0.29, 0.717) is 28.1 Å². The molecular formula is C23H24N6O4S.